The van der Waals surface area contributed by atoms with Crippen LogP contribution in [0, 0.1) is 35.2 Å². The SMILES string of the molecule is CCn1c(=S)c(C#N)c(C)c2cc(OCCCCCCCCCCCOC(=O)C(C)(C)C)c(C)cc21. The number of aryl methyl sites for hydroxylation is 3. The van der Waals surface area contributed by atoms with Crippen molar-refractivity contribution >= 4 is 29.1 Å². The molecule has 1 aromatic heterocycles. The zero-order chi connectivity index (χ0) is 26.7. The Labute approximate surface area is 222 Å². The first-order valence-corrected chi connectivity index (χ1v) is 13.9. The predicted molar refractivity (Wildman–Crippen MR) is 150 cm³/mol. The second kappa shape index (κ2) is 14.4. The first-order valence-electron chi connectivity index (χ1n) is 13.5. The molecule has 0 aliphatic rings. The van der Waals surface area contributed by atoms with Crippen LogP contribution in [-0.4, -0.2) is 23.8 Å². The van der Waals surface area contributed by atoms with Crippen LogP contribution in [0.3, 0.4) is 0 Å². The lowest BCUT2D eigenvalue weighted by atomic mass is 9.97. The van der Waals surface area contributed by atoms with E-state index in [0.717, 1.165) is 53.6 Å². The molecule has 0 fully saturated rings. The van der Waals surface area contributed by atoms with Crippen molar-refractivity contribution in [3.63, 3.8) is 0 Å². The van der Waals surface area contributed by atoms with Crippen LogP contribution in [0.5, 0.6) is 5.75 Å². The summed E-state index contributed by atoms with van der Waals surface area (Å²) in [6, 6.07) is 6.49. The van der Waals surface area contributed by atoms with Crippen LogP contribution in [0.1, 0.15) is 102 Å². The van der Waals surface area contributed by atoms with Crippen LogP contribution in [0.2, 0.25) is 0 Å². The average Bonchev–Trinajstić information content (AvgIpc) is 2.82. The van der Waals surface area contributed by atoms with Gasteiger partial charge in [-0.15, -0.1) is 0 Å². The number of esters is 1. The van der Waals surface area contributed by atoms with Crippen molar-refractivity contribution in [3.05, 3.63) is 33.5 Å². The quantitative estimate of drug-likeness (QED) is 0.144. The van der Waals surface area contributed by atoms with E-state index in [4.69, 9.17) is 21.7 Å². The zero-order valence-electron chi connectivity index (χ0n) is 23.2. The molecule has 0 atom stereocenters. The zero-order valence-corrected chi connectivity index (χ0v) is 24.0. The number of hydrogen-bond acceptors (Lipinski definition) is 5. The number of ether oxygens (including phenoxy) is 2. The van der Waals surface area contributed by atoms with E-state index >= 15 is 0 Å². The highest BCUT2D eigenvalue weighted by Gasteiger charge is 2.22. The van der Waals surface area contributed by atoms with Crippen LogP contribution in [0.15, 0.2) is 12.1 Å². The highest BCUT2D eigenvalue weighted by molar-refractivity contribution is 7.71. The molecule has 0 aliphatic carbocycles. The summed E-state index contributed by atoms with van der Waals surface area (Å²) in [6.45, 7) is 13.7. The Balaban J connectivity index is 1.67. The number of aromatic nitrogens is 1. The molecular formula is C30H44N2O3S. The first-order chi connectivity index (χ1) is 17.1. The number of carbonyl (C=O) groups excluding carboxylic acids is 1. The molecule has 0 bridgehead atoms. The summed E-state index contributed by atoms with van der Waals surface area (Å²) in [5.41, 5.74) is 3.26. The summed E-state index contributed by atoms with van der Waals surface area (Å²) in [6.07, 6.45) is 10.5. The number of pyridine rings is 1. The van der Waals surface area contributed by atoms with Crippen LogP contribution in [-0.2, 0) is 16.1 Å². The molecule has 2 rings (SSSR count). The summed E-state index contributed by atoms with van der Waals surface area (Å²) in [5, 5.41) is 10.6. The second-order valence-corrected chi connectivity index (χ2v) is 11.1. The first kappa shape index (κ1) is 29.8. The maximum absolute atomic E-state index is 11.7. The van der Waals surface area contributed by atoms with Crippen molar-refractivity contribution in [2.45, 2.75) is 106 Å². The average molecular weight is 513 g/mol. The van der Waals surface area contributed by atoms with E-state index in [1.54, 1.807) is 0 Å². The van der Waals surface area contributed by atoms with Gasteiger partial charge >= 0.3 is 5.97 Å². The fourth-order valence-electron chi connectivity index (χ4n) is 4.34. The predicted octanol–water partition coefficient (Wildman–Crippen LogP) is 8.36. The van der Waals surface area contributed by atoms with Crippen molar-refractivity contribution in [1.29, 1.82) is 5.26 Å². The lowest BCUT2D eigenvalue weighted by Crippen LogP contribution is -2.23. The molecule has 1 heterocycles. The standard InChI is InChI=1S/C30H44N2O3S/c1-7-32-26-19-22(2)27(20-24(26)23(3)25(21-31)28(32)36)34-17-15-13-11-9-8-10-12-14-16-18-35-29(33)30(4,5)6/h19-20H,7-18H2,1-6H3. The van der Waals surface area contributed by atoms with Crippen molar-refractivity contribution in [3.8, 4) is 11.8 Å². The van der Waals surface area contributed by atoms with Crippen molar-refractivity contribution in [1.82, 2.24) is 4.57 Å². The molecule has 198 valence electrons. The number of fused-ring (bicyclic) bond motifs is 1. The summed E-state index contributed by atoms with van der Waals surface area (Å²) in [4.78, 5) is 11.7. The molecule has 2 aromatic rings. The van der Waals surface area contributed by atoms with Gasteiger partial charge in [-0.25, -0.2) is 0 Å². The molecule has 0 aliphatic heterocycles. The van der Waals surface area contributed by atoms with Gasteiger partial charge in [0, 0.05) is 17.4 Å². The maximum Gasteiger partial charge on any atom is 0.311 e. The lowest BCUT2D eigenvalue weighted by Gasteiger charge is -2.17. The molecular weight excluding hydrogens is 468 g/mol. The molecule has 0 N–H and O–H groups in total. The van der Waals surface area contributed by atoms with Crippen molar-refractivity contribution < 1.29 is 14.3 Å². The summed E-state index contributed by atoms with van der Waals surface area (Å²) in [5.74, 6) is 0.781. The molecule has 1 aromatic carbocycles. The van der Waals surface area contributed by atoms with E-state index in [1.807, 2.05) is 32.3 Å². The van der Waals surface area contributed by atoms with Gasteiger partial charge in [-0.3, -0.25) is 4.79 Å². The number of benzene rings is 1. The lowest BCUT2D eigenvalue weighted by molar-refractivity contribution is -0.153. The number of rotatable bonds is 14. The van der Waals surface area contributed by atoms with Gasteiger partial charge < -0.3 is 14.0 Å². The Morgan fingerprint density at radius 2 is 1.53 bits per heavy atom. The van der Waals surface area contributed by atoms with Gasteiger partial charge in [0.15, 0.2) is 0 Å². The molecule has 36 heavy (non-hydrogen) atoms. The van der Waals surface area contributed by atoms with Gasteiger partial charge in [-0.2, -0.15) is 5.26 Å². The van der Waals surface area contributed by atoms with Crippen LogP contribution in [0.25, 0.3) is 10.9 Å². The number of carbonyl (C=O) groups is 1. The third kappa shape index (κ3) is 8.34. The van der Waals surface area contributed by atoms with Gasteiger partial charge in [-0.1, -0.05) is 57.2 Å². The molecule has 6 heteroatoms. The van der Waals surface area contributed by atoms with E-state index < -0.39 is 5.41 Å². The number of nitrogens with zero attached hydrogens (tertiary/aromatic N) is 2. The fourth-order valence-corrected chi connectivity index (χ4v) is 4.77. The van der Waals surface area contributed by atoms with Crippen molar-refractivity contribution in [2.75, 3.05) is 13.2 Å². The highest BCUT2D eigenvalue weighted by atomic mass is 32.1. The Bertz CT molecular complexity index is 1120. The van der Waals surface area contributed by atoms with E-state index in [1.165, 1.54) is 38.5 Å². The molecule has 0 saturated heterocycles. The Hall–Kier alpha value is -2.39. The molecule has 0 saturated carbocycles. The van der Waals surface area contributed by atoms with Gasteiger partial charge in [0.25, 0.3) is 0 Å². The summed E-state index contributed by atoms with van der Waals surface area (Å²) in [7, 11) is 0. The van der Waals surface area contributed by atoms with Gasteiger partial charge in [0.1, 0.15) is 16.5 Å². The monoisotopic (exact) mass is 512 g/mol. The fraction of sp³-hybridized carbons (Fsp3) is 0.633. The smallest absolute Gasteiger partial charge is 0.311 e. The van der Waals surface area contributed by atoms with Crippen LogP contribution >= 0.6 is 12.2 Å². The van der Waals surface area contributed by atoms with Crippen molar-refractivity contribution in [2.24, 2.45) is 5.41 Å². The minimum Gasteiger partial charge on any atom is -0.493 e. The summed E-state index contributed by atoms with van der Waals surface area (Å²) < 4.78 is 14.1. The Morgan fingerprint density at radius 3 is 2.06 bits per heavy atom. The van der Waals surface area contributed by atoms with Crippen LogP contribution in [0.4, 0.5) is 0 Å². The maximum atomic E-state index is 11.7. The molecule has 0 spiro atoms. The minimum absolute atomic E-state index is 0.110. The molecule has 0 radical (unpaired) electrons. The van der Waals surface area contributed by atoms with E-state index in [9.17, 15) is 10.1 Å². The summed E-state index contributed by atoms with van der Waals surface area (Å²) >= 11 is 5.55. The number of hydrogen-bond donors (Lipinski definition) is 0. The third-order valence-electron chi connectivity index (χ3n) is 6.64. The number of unbranched alkanes of at least 4 members (excludes halogenated alkanes) is 8. The topological polar surface area (TPSA) is 64.2 Å². The second-order valence-electron chi connectivity index (χ2n) is 10.7. The van der Waals surface area contributed by atoms with Gasteiger partial charge in [0.05, 0.1) is 24.2 Å². The van der Waals surface area contributed by atoms with E-state index in [-0.39, 0.29) is 5.97 Å². The highest BCUT2D eigenvalue weighted by Crippen LogP contribution is 2.30. The molecule has 0 amide bonds. The molecule has 5 nitrogen and oxygen atoms in total. The number of nitriles is 1. The Morgan fingerprint density at radius 1 is 0.972 bits per heavy atom. The van der Waals surface area contributed by atoms with E-state index in [2.05, 4.69) is 32.0 Å². The van der Waals surface area contributed by atoms with Crippen LogP contribution < -0.4 is 4.74 Å². The normalized spacial score (nSPS) is 11.5. The van der Waals surface area contributed by atoms with Gasteiger partial charge in [-0.05, 0) is 77.6 Å². The minimum atomic E-state index is -0.409. The third-order valence-corrected chi connectivity index (χ3v) is 7.07. The molecule has 0 unspecified atom stereocenters. The Kier molecular flexibility index (Phi) is 11.9. The largest absolute Gasteiger partial charge is 0.493 e. The van der Waals surface area contributed by atoms with Gasteiger partial charge in [0.2, 0.25) is 0 Å². The van der Waals surface area contributed by atoms with E-state index in [0.29, 0.717) is 23.4 Å².